The van der Waals surface area contributed by atoms with Crippen LogP contribution in [0.15, 0.2) is 29.3 Å². The number of sulfonamides is 1. The van der Waals surface area contributed by atoms with E-state index in [-0.39, 0.29) is 10.9 Å². The molecule has 7 heteroatoms. The zero-order valence-corrected chi connectivity index (χ0v) is 13.5. The number of nitrogens with zero attached hydrogens (tertiary/aromatic N) is 2. The molecule has 0 spiro atoms. The first-order valence-corrected chi connectivity index (χ1v) is 8.76. The molecule has 3 rings (SSSR count). The van der Waals surface area contributed by atoms with Crippen LogP contribution in [0.2, 0.25) is 0 Å². The monoisotopic (exact) mass is 320 g/mol. The van der Waals surface area contributed by atoms with Gasteiger partial charge >= 0.3 is 0 Å². The lowest BCUT2D eigenvalue weighted by Crippen LogP contribution is -2.31. The summed E-state index contributed by atoms with van der Waals surface area (Å²) in [6, 6.07) is 5.47. The van der Waals surface area contributed by atoms with Crippen molar-refractivity contribution in [3.63, 3.8) is 0 Å². The van der Waals surface area contributed by atoms with E-state index in [4.69, 9.17) is 5.73 Å². The van der Waals surface area contributed by atoms with Gasteiger partial charge in [0.25, 0.3) is 0 Å². The van der Waals surface area contributed by atoms with Crippen molar-refractivity contribution in [1.82, 2.24) is 14.5 Å². The van der Waals surface area contributed by atoms with Gasteiger partial charge in [-0.05, 0) is 49.4 Å². The van der Waals surface area contributed by atoms with Crippen molar-refractivity contribution in [3.05, 3.63) is 41.2 Å². The van der Waals surface area contributed by atoms with Gasteiger partial charge in [0.05, 0.1) is 11.9 Å². The molecule has 2 aromatic rings. The minimum absolute atomic E-state index is 0.214. The lowest BCUT2D eigenvalue weighted by molar-refractivity contribution is 0.507. The van der Waals surface area contributed by atoms with Gasteiger partial charge in [0.2, 0.25) is 10.0 Å². The summed E-state index contributed by atoms with van der Waals surface area (Å²) in [6.45, 7) is 1.75. The molecule has 1 aromatic heterocycles. The second-order valence-corrected chi connectivity index (χ2v) is 7.42. The van der Waals surface area contributed by atoms with E-state index in [0.29, 0.717) is 11.4 Å². The van der Waals surface area contributed by atoms with Crippen molar-refractivity contribution >= 4 is 15.7 Å². The molecule has 118 valence electrons. The van der Waals surface area contributed by atoms with E-state index in [0.717, 1.165) is 30.4 Å². The number of nitrogen functional groups attached to an aromatic ring is 1. The largest absolute Gasteiger partial charge is 0.399 e. The van der Waals surface area contributed by atoms with Crippen LogP contribution >= 0.6 is 0 Å². The number of hydrogen-bond donors (Lipinski definition) is 2. The van der Waals surface area contributed by atoms with Crippen molar-refractivity contribution in [2.75, 3.05) is 5.73 Å². The molecule has 1 aliphatic rings. The van der Waals surface area contributed by atoms with Gasteiger partial charge in [0.1, 0.15) is 4.90 Å². The minimum Gasteiger partial charge on any atom is -0.399 e. The van der Waals surface area contributed by atoms with Gasteiger partial charge in [-0.3, -0.25) is 4.68 Å². The predicted octanol–water partition coefficient (Wildman–Crippen LogP) is 1.67. The third kappa shape index (κ3) is 2.62. The van der Waals surface area contributed by atoms with Crippen molar-refractivity contribution in [2.24, 2.45) is 7.05 Å². The van der Waals surface area contributed by atoms with Crippen LogP contribution in [0, 0.1) is 6.92 Å². The summed E-state index contributed by atoms with van der Waals surface area (Å²) in [5, 5.41) is 4.01. The number of nitrogens with two attached hydrogens (primary N) is 1. The Labute approximate surface area is 130 Å². The molecule has 1 aromatic carbocycles. The Morgan fingerprint density at radius 3 is 2.86 bits per heavy atom. The van der Waals surface area contributed by atoms with Gasteiger partial charge < -0.3 is 5.73 Å². The fourth-order valence-electron chi connectivity index (χ4n) is 2.95. The van der Waals surface area contributed by atoms with Crippen LogP contribution in [-0.2, 0) is 23.5 Å². The van der Waals surface area contributed by atoms with E-state index >= 15 is 0 Å². The van der Waals surface area contributed by atoms with E-state index in [9.17, 15) is 8.42 Å². The standard InChI is InChI=1S/C15H20N4O2S/c1-10-15(9-17-19(10)2)22(20,21)18-14-5-3-4-11-8-12(16)6-7-13(11)14/h6-9,14,18H,3-5,16H2,1-2H3. The summed E-state index contributed by atoms with van der Waals surface area (Å²) in [5.41, 5.74) is 9.30. The maximum absolute atomic E-state index is 12.6. The highest BCUT2D eigenvalue weighted by molar-refractivity contribution is 7.89. The highest BCUT2D eigenvalue weighted by Crippen LogP contribution is 2.32. The average molecular weight is 320 g/mol. The van der Waals surface area contributed by atoms with Crippen LogP contribution in [0.1, 0.15) is 35.7 Å². The number of nitrogens with one attached hydrogen (secondary N) is 1. The molecule has 1 atom stereocenters. The van der Waals surface area contributed by atoms with Crippen LogP contribution in [0.5, 0.6) is 0 Å². The van der Waals surface area contributed by atoms with Gasteiger partial charge in [0.15, 0.2) is 0 Å². The van der Waals surface area contributed by atoms with Crippen molar-refractivity contribution in [3.8, 4) is 0 Å². The molecule has 0 aliphatic heterocycles. The van der Waals surface area contributed by atoms with E-state index < -0.39 is 10.0 Å². The molecule has 0 bridgehead atoms. The second-order valence-electron chi connectivity index (χ2n) is 5.74. The van der Waals surface area contributed by atoms with E-state index in [1.165, 1.54) is 6.20 Å². The quantitative estimate of drug-likeness (QED) is 0.842. The maximum atomic E-state index is 12.6. The van der Waals surface area contributed by atoms with Crippen LogP contribution in [0.25, 0.3) is 0 Å². The molecule has 22 heavy (non-hydrogen) atoms. The van der Waals surface area contributed by atoms with Crippen LogP contribution in [0.3, 0.4) is 0 Å². The highest BCUT2D eigenvalue weighted by Gasteiger charge is 2.27. The lowest BCUT2D eigenvalue weighted by Gasteiger charge is -2.26. The number of aromatic nitrogens is 2. The molecular weight excluding hydrogens is 300 g/mol. The zero-order chi connectivity index (χ0) is 15.9. The van der Waals surface area contributed by atoms with Crippen LogP contribution in [0.4, 0.5) is 5.69 Å². The molecule has 0 radical (unpaired) electrons. The van der Waals surface area contributed by atoms with Crippen molar-refractivity contribution in [1.29, 1.82) is 0 Å². The van der Waals surface area contributed by atoms with Crippen molar-refractivity contribution in [2.45, 2.75) is 37.1 Å². The third-order valence-electron chi connectivity index (χ3n) is 4.26. The summed E-state index contributed by atoms with van der Waals surface area (Å²) in [5.74, 6) is 0. The van der Waals surface area contributed by atoms with Gasteiger partial charge in [-0.15, -0.1) is 0 Å². The van der Waals surface area contributed by atoms with Crippen LogP contribution < -0.4 is 10.5 Å². The normalized spacial score (nSPS) is 18.2. The fourth-order valence-corrected chi connectivity index (χ4v) is 4.40. The molecule has 0 saturated carbocycles. The number of rotatable bonds is 3. The van der Waals surface area contributed by atoms with Gasteiger partial charge in [0, 0.05) is 18.8 Å². The van der Waals surface area contributed by atoms with Gasteiger partial charge in [-0.25, -0.2) is 13.1 Å². The fraction of sp³-hybridized carbons (Fsp3) is 0.400. The molecule has 0 saturated heterocycles. The molecule has 0 fully saturated rings. The van der Waals surface area contributed by atoms with Crippen LogP contribution in [-0.4, -0.2) is 18.2 Å². The lowest BCUT2D eigenvalue weighted by atomic mass is 9.88. The number of benzene rings is 1. The smallest absolute Gasteiger partial charge is 0.244 e. The topological polar surface area (TPSA) is 90.0 Å². The van der Waals surface area contributed by atoms with Crippen molar-refractivity contribution < 1.29 is 8.42 Å². The minimum atomic E-state index is -3.59. The predicted molar refractivity (Wildman–Crippen MR) is 84.8 cm³/mol. The molecule has 3 N–H and O–H groups in total. The Hall–Kier alpha value is -1.86. The SMILES string of the molecule is Cc1c(S(=O)(=O)NC2CCCc3cc(N)ccc32)cnn1C. The number of anilines is 1. The van der Waals surface area contributed by atoms with Gasteiger partial charge in [-0.1, -0.05) is 6.07 Å². The highest BCUT2D eigenvalue weighted by atomic mass is 32.2. The summed E-state index contributed by atoms with van der Waals surface area (Å²) in [6.07, 6.45) is 4.06. The molecule has 1 heterocycles. The molecule has 0 amide bonds. The Kier molecular flexibility index (Phi) is 3.70. The molecule has 1 unspecified atom stereocenters. The number of fused-ring (bicyclic) bond motifs is 1. The summed E-state index contributed by atoms with van der Waals surface area (Å²) in [4.78, 5) is 0.234. The first kappa shape index (κ1) is 15.1. The first-order valence-electron chi connectivity index (χ1n) is 7.28. The zero-order valence-electron chi connectivity index (χ0n) is 12.7. The molecule has 1 aliphatic carbocycles. The van der Waals surface area contributed by atoms with E-state index in [1.807, 2.05) is 18.2 Å². The Morgan fingerprint density at radius 1 is 1.41 bits per heavy atom. The number of aryl methyl sites for hydroxylation is 2. The number of hydrogen-bond acceptors (Lipinski definition) is 4. The van der Waals surface area contributed by atoms with E-state index in [2.05, 4.69) is 9.82 Å². The Bertz CT molecular complexity index is 811. The molecular formula is C15H20N4O2S. The first-order chi connectivity index (χ1) is 10.4. The Balaban J connectivity index is 1.93. The van der Waals surface area contributed by atoms with Gasteiger partial charge in [-0.2, -0.15) is 5.10 Å². The maximum Gasteiger partial charge on any atom is 0.244 e. The summed E-state index contributed by atoms with van der Waals surface area (Å²) in [7, 11) is -1.86. The second kappa shape index (κ2) is 5.40. The summed E-state index contributed by atoms with van der Waals surface area (Å²) < 4.78 is 29.6. The van der Waals surface area contributed by atoms with E-state index in [1.54, 1.807) is 18.7 Å². The molecule has 6 nitrogen and oxygen atoms in total. The average Bonchev–Trinajstić information content (AvgIpc) is 2.79. The third-order valence-corrected chi connectivity index (χ3v) is 5.83. The summed E-state index contributed by atoms with van der Waals surface area (Å²) >= 11 is 0. The Morgan fingerprint density at radius 2 is 2.18 bits per heavy atom.